The first-order valence-corrected chi connectivity index (χ1v) is 5.24. The summed E-state index contributed by atoms with van der Waals surface area (Å²) in [5.74, 6) is -0.787. The molecule has 0 aliphatic rings. The predicted octanol–water partition coefficient (Wildman–Crippen LogP) is 0.915. The van der Waals surface area contributed by atoms with Crippen LogP contribution in [0.4, 0.5) is 0 Å². The molecule has 86 valence electrons. The molecule has 1 amide bonds. The Morgan fingerprint density at radius 1 is 1.33 bits per heavy atom. The van der Waals surface area contributed by atoms with Gasteiger partial charge in [0.2, 0.25) is 5.91 Å². The molecule has 0 fully saturated rings. The van der Waals surface area contributed by atoms with Crippen molar-refractivity contribution in [2.24, 2.45) is 17.8 Å². The molecule has 0 aliphatic heterocycles. The van der Waals surface area contributed by atoms with Gasteiger partial charge in [0, 0.05) is 0 Å². The van der Waals surface area contributed by atoms with Crippen molar-refractivity contribution in [1.82, 2.24) is 5.32 Å². The van der Waals surface area contributed by atoms with Crippen molar-refractivity contribution in [1.29, 1.82) is 5.26 Å². The highest BCUT2D eigenvalue weighted by molar-refractivity contribution is 5.81. The molecule has 0 saturated heterocycles. The van der Waals surface area contributed by atoms with Gasteiger partial charge in [-0.05, 0) is 11.8 Å². The molecule has 0 bridgehead atoms. The maximum absolute atomic E-state index is 11.6. The molecule has 0 saturated carbocycles. The maximum Gasteiger partial charge on any atom is 0.237 e. The lowest BCUT2D eigenvalue weighted by atomic mass is 9.95. The number of aliphatic hydroxyl groups is 1. The van der Waals surface area contributed by atoms with Crippen LogP contribution in [0.25, 0.3) is 0 Å². The minimum atomic E-state index is -0.641. The highest BCUT2D eigenvalue weighted by Crippen LogP contribution is 2.11. The van der Waals surface area contributed by atoms with E-state index in [1.807, 2.05) is 33.8 Å². The maximum atomic E-state index is 11.6. The fraction of sp³-hybridized carbons (Fsp3) is 0.818. The van der Waals surface area contributed by atoms with E-state index < -0.39 is 5.92 Å². The molecule has 15 heavy (non-hydrogen) atoms. The third kappa shape index (κ3) is 4.30. The summed E-state index contributed by atoms with van der Waals surface area (Å²) in [6, 6.07) is 1.70. The molecule has 0 aromatic rings. The fourth-order valence-electron chi connectivity index (χ4n) is 1.21. The molecular weight excluding hydrogens is 192 g/mol. The van der Waals surface area contributed by atoms with E-state index in [4.69, 9.17) is 10.4 Å². The molecule has 2 atom stereocenters. The van der Waals surface area contributed by atoms with E-state index in [9.17, 15) is 4.79 Å². The number of aliphatic hydroxyl groups excluding tert-OH is 1. The number of nitrogens with zero attached hydrogens (tertiary/aromatic N) is 1. The van der Waals surface area contributed by atoms with Crippen LogP contribution in [-0.4, -0.2) is 23.7 Å². The van der Waals surface area contributed by atoms with Gasteiger partial charge in [-0.1, -0.05) is 27.7 Å². The summed E-state index contributed by atoms with van der Waals surface area (Å²) in [4.78, 5) is 11.6. The topological polar surface area (TPSA) is 73.1 Å². The van der Waals surface area contributed by atoms with Crippen molar-refractivity contribution in [2.45, 2.75) is 33.7 Å². The third-order valence-corrected chi connectivity index (χ3v) is 2.42. The van der Waals surface area contributed by atoms with E-state index in [2.05, 4.69) is 5.32 Å². The summed E-state index contributed by atoms with van der Waals surface area (Å²) in [6.07, 6.45) is 0. The first-order valence-electron chi connectivity index (χ1n) is 5.24. The molecule has 0 spiro atoms. The molecule has 2 N–H and O–H groups in total. The Hall–Kier alpha value is -1.08. The number of amides is 1. The average Bonchev–Trinajstić information content (AvgIpc) is 2.14. The second-order valence-electron chi connectivity index (χ2n) is 4.39. The van der Waals surface area contributed by atoms with Gasteiger partial charge in [-0.25, -0.2) is 0 Å². The summed E-state index contributed by atoms with van der Waals surface area (Å²) in [5.41, 5.74) is 0. The van der Waals surface area contributed by atoms with Crippen molar-refractivity contribution < 1.29 is 9.90 Å². The molecule has 1 unspecified atom stereocenters. The lowest BCUT2D eigenvalue weighted by Crippen LogP contribution is -2.44. The second-order valence-corrected chi connectivity index (χ2v) is 4.39. The Morgan fingerprint density at radius 2 is 1.87 bits per heavy atom. The van der Waals surface area contributed by atoms with Crippen molar-refractivity contribution in [2.75, 3.05) is 6.61 Å². The van der Waals surface area contributed by atoms with Crippen LogP contribution in [0.15, 0.2) is 0 Å². The quantitative estimate of drug-likeness (QED) is 0.711. The first kappa shape index (κ1) is 13.9. The molecule has 0 aromatic carbocycles. The van der Waals surface area contributed by atoms with E-state index in [0.717, 1.165) is 0 Å². The molecule has 0 radical (unpaired) electrons. The van der Waals surface area contributed by atoms with Gasteiger partial charge < -0.3 is 10.4 Å². The lowest BCUT2D eigenvalue weighted by Gasteiger charge is -2.22. The van der Waals surface area contributed by atoms with Crippen molar-refractivity contribution in [3.05, 3.63) is 0 Å². The number of carbonyl (C=O) groups excluding carboxylic acids is 1. The van der Waals surface area contributed by atoms with Gasteiger partial charge in [-0.3, -0.25) is 4.79 Å². The number of hydrogen-bond donors (Lipinski definition) is 2. The highest BCUT2D eigenvalue weighted by atomic mass is 16.3. The van der Waals surface area contributed by atoms with E-state index in [1.165, 1.54) is 0 Å². The molecule has 0 rings (SSSR count). The van der Waals surface area contributed by atoms with E-state index >= 15 is 0 Å². The van der Waals surface area contributed by atoms with E-state index in [1.54, 1.807) is 0 Å². The van der Waals surface area contributed by atoms with Crippen LogP contribution in [0.5, 0.6) is 0 Å². The fourth-order valence-corrected chi connectivity index (χ4v) is 1.21. The highest BCUT2D eigenvalue weighted by Gasteiger charge is 2.24. The van der Waals surface area contributed by atoms with Crippen LogP contribution >= 0.6 is 0 Å². The second kappa shape index (κ2) is 6.41. The van der Waals surface area contributed by atoms with Crippen molar-refractivity contribution in [3.8, 4) is 6.07 Å². The van der Waals surface area contributed by atoms with Crippen LogP contribution in [0, 0.1) is 29.1 Å². The van der Waals surface area contributed by atoms with Crippen LogP contribution in [-0.2, 0) is 4.79 Å². The number of nitriles is 1. The zero-order valence-electron chi connectivity index (χ0n) is 9.82. The van der Waals surface area contributed by atoms with E-state index in [0.29, 0.717) is 0 Å². The largest absolute Gasteiger partial charge is 0.394 e. The van der Waals surface area contributed by atoms with Crippen molar-refractivity contribution >= 4 is 5.91 Å². The third-order valence-electron chi connectivity index (χ3n) is 2.42. The number of carbonyl (C=O) groups is 1. The molecule has 4 nitrogen and oxygen atoms in total. The minimum absolute atomic E-state index is 0.0125. The lowest BCUT2D eigenvalue weighted by molar-refractivity contribution is -0.125. The first-order chi connectivity index (χ1) is 6.93. The van der Waals surface area contributed by atoms with Gasteiger partial charge in [0.25, 0.3) is 0 Å². The Kier molecular flexibility index (Phi) is 5.95. The summed E-state index contributed by atoms with van der Waals surface area (Å²) in [6.45, 7) is 7.39. The van der Waals surface area contributed by atoms with Gasteiger partial charge in [0.1, 0.15) is 5.92 Å². The number of nitrogens with one attached hydrogen (secondary N) is 1. The van der Waals surface area contributed by atoms with E-state index in [-0.39, 0.29) is 30.4 Å². The van der Waals surface area contributed by atoms with Crippen molar-refractivity contribution in [3.63, 3.8) is 0 Å². The summed E-state index contributed by atoms with van der Waals surface area (Å²) in [7, 11) is 0. The number of hydrogen-bond acceptors (Lipinski definition) is 3. The van der Waals surface area contributed by atoms with Crippen LogP contribution < -0.4 is 5.32 Å². The Morgan fingerprint density at radius 3 is 2.13 bits per heavy atom. The monoisotopic (exact) mass is 212 g/mol. The van der Waals surface area contributed by atoms with Gasteiger partial charge in [-0.15, -0.1) is 0 Å². The SMILES string of the molecule is CC(C)C(C#N)C(=O)N[C@H](CO)C(C)C. The van der Waals surface area contributed by atoms with Gasteiger partial charge in [-0.2, -0.15) is 5.26 Å². The summed E-state index contributed by atoms with van der Waals surface area (Å²) < 4.78 is 0. The zero-order valence-corrected chi connectivity index (χ0v) is 9.82. The smallest absolute Gasteiger partial charge is 0.237 e. The Bertz CT molecular complexity index is 243. The standard InChI is InChI=1S/C11H20N2O2/c1-7(2)9(5-12)11(15)13-10(6-14)8(3)4/h7-10,14H,6H2,1-4H3,(H,13,15)/t9?,10-/m1/s1. The Balaban J connectivity index is 4.40. The van der Waals surface area contributed by atoms with Crippen LogP contribution in [0.1, 0.15) is 27.7 Å². The van der Waals surface area contributed by atoms with Crippen LogP contribution in [0.3, 0.4) is 0 Å². The van der Waals surface area contributed by atoms with Crippen LogP contribution in [0.2, 0.25) is 0 Å². The molecule has 4 heteroatoms. The Labute approximate surface area is 91.3 Å². The predicted molar refractivity (Wildman–Crippen MR) is 57.8 cm³/mol. The van der Waals surface area contributed by atoms with Gasteiger partial charge in [0.05, 0.1) is 18.7 Å². The zero-order chi connectivity index (χ0) is 12.0. The van der Waals surface area contributed by atoms with Gasteiger partial charge >= 0.3 is 0 Å². The summed E-state index contributed by atoms with van der Waals surface area (Å²) in [5, 5.41) is 20.5. The van der Waals surface area contributed by atoms with Gasteiger partial charge in [0.15, 0.2) is 0 Å². The molecular formula is C11H20N2O2. The molecule has 0 aliphatic carbocycles. The minimum Gasteiger partial charge on any atom is -0.394 e. The normalized spacial score (nSPS) is 14.8. The molecule has 0 heterocycles. The average molecular weight is 212 g/mol. The number of rotatable bonds is 5. The molecule has 0 aromatic heterocycles. The summed E-state index contributed by atoms with van der Waals surface area (Å²) >= 11 is 0.